The molecule has 0 radical (unpaired) electrons. The van der Waals surface area contributed by atoms with Crippen molar-refractivity contribution in [1.29, 1.82) is 0 Å². The number of benzene rings is 1. The van der Waals surface area contributed by atoms with Crippen LogP contribution in [-0.2, 0) is 9.53 Å². The fourth-order valence-electron chi connectivity index (χ4n) is 3.54. The summed E-state index contributed by atoms with van der Waals surface area (Å²) in [6.45, 7) is 3.94. The van der Waals surface area contributed by atoms with Crippen LogP contribution in [0.1, 0.15) is 30.1 Å². The number of hydrogen-bond donors (Lipinski definition) is 1. The summed E-state index contributed by atoms with van der Waals surface area (Å²) in [5, 5.41) is 10.7. The van der Waals surface area contributed by atoms with E-state index in [1.165, 1.54) is 7.11 Å². The number of piperidine rings is 1. The Labute approximate surface area is 130 Å². The van der Waals surface area contributed by atoms with Crippen LogP contribution in [0.3, 0.4) is 0 Å². The molecule has 1 saturated heterocycles. The number of methoxy groups -OCH3 is 1. The van der Waals surface area contributed by atoms with Crippen molar-refractivity contribution in [3.63, 3.8) is 0 Å². The first-order valence-corrected chi connectivity index (χ1v) is 7.84. The van der Waals surface area contributed by atoms with E-state index in [0.29, 0.717) is 13.2 Å². The molecule has 0 spiro atoms. The van der Waals surface area contributed by atoms with Gasteiger partial charge in [0.15, 0.2) is 0 Å². The van der Waals surface area contributed by atoms with Crippen LogP contribution in [0.5, 0.6) is 5.75 Å². The molecule has 1 fully saturated rings. The van der Waals surface area contributed by atoms with Gasteiger partial charge in [-0.1, -0.05) is 18.2 Å². The van der Waals surface area contributed by atoms with Crippen LogP contribution in [0.15, 0.2) is 18.2 Å². The van der Waals surface area contributed by atoms with E-state index in [1.54, 1.807) is 0 Å². The smallest absolute Gasteiger partial charge is 0.309 e. The van der Waals surface area contributed by atoms with Crippen LogP contribution in [0.2, 0.25) is 0 Å². The minimum absolute atomic E-state index is 0.107. The van der Waals surface area contributed by atoms with Crippen LogP contribution in [-0.4, -0.2) is 48.8 Å². The fraction of sp³-hybridized carbons (Fsp3) is 0.588. The molecule has 0 amide bonds. The van der Waals surface area contributed by atoms with Gasteiger partial charge in [-0.3, -0.25) is 9.69 Å². The molecule has 0 aliphatic carbocycles. The first-order chi connectivity index (χ1) is 10.6. The normalized spacial score (nSPS) is 28.6. The number of aliphatic hydroxyl groups excluding tert-OH is 1. The van der Waals surface area contributed by atoms with Crippen molar-refractivity contribution >= 4 is 5.97 Å². The predicted molar refractivity (Wildman–Crippen MR) is 81.7 cm³/mol. The molecular weight excluding hydrogens is 282 g/mol. The minimum Gasteiger partial charge on any atom is -0.491 e. The van der Waals surface area contributed by atoms with Crippen molar-refractivity contribution in [2.75, 3.05) is 26.8 Å². The number of nitrogens with zero attached hydrogens (tertiary/aromatic N) is 1. The molecule has 0 saturated carbocycles. The number of aliphatic hydroxyl groups is 1. The molecule has 3 unspecified atom stereocenters. The van der Waals surface area contributed by atoms with Crippen LogP contribution in [0.4, 0.5) is 0 Å². The number of para-hydroxylation sites is 1. The largest absolute Gasteiger partial charge is 0.491 e. The first-order valence-electron chi connectivity index (χ1n) is 7.84. The molecule has 3 atom stereocenters. The molecule has 2 heterocycles. The highest BCUT2D eigenvalue weighted by Crippen LogP contribution is 2.37. The molecule has 0 bridgehead atoms. The third kappa shape index (κ3) is 2.71. The third-order valence-electron chi connectivity index (χ3n) is 4.78. The van der Waals surface area contributed by atoms with Gasteiger partial charge in [0.1, 0.15) is 18.5 Å². The van der Waals surface area contributed by atoms with Crippen molar-refractivity contribution in [3.05, 3.63) is 29.3 Å². The fourth-order valence-corrected chi connectivity index (χ4v) is 3.54. The summed E-state index contributed by atoms with van der Waals surface area (Å²) in [5.74, 6) is 0.532. The maximum atomic E-state index is 11.8. The average Bonchev–Trinajstić information content (AvgIpc) is 2.55. The van der Waals surface area contributed by atoms with Crippen LogP contribution in [0.25, 0.3) is 0 Å². The lowest BCUT2D eigenvalue weighted by atomic mass is 9.92. The van der Waals surface area contributed by atoms with Gasteiger partial charge in [0.2, 0.25) is 0 Å². The van der Waals surface area contributed by atoms with Gasteiger partial charge in [-0.2, -0.15) is 0 Å². The Morgan fingerprint density at radius 2 is 2.27 bits per heavy atom. The van der Waals surface area contributed by atoms with Gasteiger partial charge in [0.25, 0.3) is 0 Å². The number of aryl methyl sites for hydroxylation is 1. The molecule has 1 aromatic carbocycles. The Hall–Kier alpha value is -1.59. The highest BCUT2D eigenvalue weighted by atomic mass is 16.5. The first kappa shape index (κ1) is 15.3. The minimum atomic E-state index is -0.583. The topological polar surface area (TPSA) is 59.0 Å². The van der Waals surface area contributed by atoms with E-state index in [1.807, 2.05) is 25.1 Å². The van der Waals surface area contributed by atoms with Gasteiger partial charge in [-0.15, -0.1) is 0 Å². The Morgan fingerprint density at radius 3 is 3.05 bits per heavy atom. The van der Waals surface area contributed by atoms with E-state index in [-0.39, 0.29) is 17.9 Å². The molecular formula is C17H23NO4. The lowest BCUT2D eigenvalue weighted by Gasteiger charge is -2.42. The van der Waals surface area contributed by atoms with Gasteiger partial charge in [-0.05, 0) is 31.9 Å². The summed E-state index contributed by atoms with van der Waals surface area (Å²) in [6.07, 6.45) is 1.20. The van der Waals surface area contributed by atoms with Crippen molar-refractivity contribution in [2.45, 2.75) is 31.9 Å². The Balaban J connectivity index is 1.77. The highest BCUT2D eigenvalue weighted by Gasteiger charge is 2.37. The standard InChI is InChI=1S/C17H23NO4/c1-11-5-3-7-13-15(19)14(10-22-16(11)13)18-8-4-6-12(9-18)17(20)21-2/h3,5,7,12,14-15,19H,4,6,8-10H2,1-2H3. The molecule has 5 nitrogen and oxygen atoms in total. The number of rotatable bonds is 2. The second-order valence-corrected chi connectivity index (χ2v) is 6.17. The average molecular weight is 305 g/mol. The maximum Gasteiger partial charge on any atom is 0.309 e. The van der Waals surface area contributed by atoms with Gasteiger partial charge in [0, 0.05) is 12.1 Å². The zero-order valence-electron chi connectivity index (χ0n) is 13.1. The Bertz CT molecular complexity index is 560. The second kappa shape index (κ2) is 6.26. The molecule has 120 valence electrons. The molecule has 0 aromatic heterocycles. The lowest BCUT2D eigenvalue weighted by molar-refractivity contribution is -0.148. The molecule has 1 N–H and O–H groups in total. The summed E-state index contributed by atoms with van der Waals surface area (Å²) in [7, 11) is 1.43. The number of esters is 1. The van der Waals surface area contributed by atoms with Crippen LogP contribution >= 0.6 is 0 Å². The monoisotopic (exact) mass is 305 g/mol. The van der Waals surface area contributed by atoms with E-state index < -0.39 is 6.10 Å². The van der Waals surface area contributed by atoms with E-state index in [9.17, 15) is 9.90 Å². The highest BCUT2D eigenvalue weighted by molar-refractivity contribution is 5.72. The van der Waals surface area contributed by atoms with Crippen molar-refractivity contribution in [3.8, 4) is 5.75 Å². The molecule has 3 rings (SSSR count). The Kier molecular flexibility index (Phi) is 4.36. The zero-order chi connectivity index (χ0) is 15.7. The van der Waals surface area contributed by atoms with Gasteiger partial charge in [0.05, 0.1) is 19.1 Å². The molecule has 2 aliphatic heterocycles. The Morgan fingerprint density at radius 1 is 1.45 bits per heavy atom. The number of fused-ring (bicyclic) bond motifs is 1. The molecule has 5 heteroatoms. The predicted octanol–water partition coefficient (Wildman–Crippen LogP) is 1.67. The second-order valence-electron chi connectivity index (χ2n) is 6.17. The molecule has 2 aliphatic rings. The SMILES string of the molecule is COC(=O)C1CCCN(C2COc3c(C)cccc3C2O)C1. The van der Waals surface area contributed by atoms with E-state index in [4.69, 9.17) is 9.47 Å². The summed E-state index contributed by atoms with van der Waals surface area (Å²) in [6, 6.07) is 5.74. The van der Waals surface area contributed by atoms with Gasteiger partial charge >= 0.3 is 5.97 Å². The van der Waals surface area contributed by atoms with Gasteiger partial charge < -0.3 is 14.6 Å². The molecule has 1 aromatic rings. The lowest BCUT2D eigenvalue weighted by Crippen LogP contribution is -2.51. The summed E-state index contributed by atoms with van der Waals surface area (Å²) < 4.78 is 10.8. The number of likely N-dealkylation sites (tertiary alicyclic amines) is 1. The summed E-state index contributed by atoms with van der Waals surface area (Å²) in [4.78, 5) is 13.9. The van der Waals surface area contributed by atoms with E-state index in [0.717, 1.165) is 36.3 Å². The number of carbonyl (C=O) groups is 1. The van der Waals surface area contributed by atoms with Crippen molar-refractivity contribution in [1.82, 2.24) is 4.90 Å². The molecule has 22 heavy (non-hydrogen) atoms. The zero-order valence-corrected chi connectivity index (χ0v) is 13.1. The number of hydrogen-bond acceptors (Lipinski definition) is 5. The maximum absolute atomic E-state index is 11.8. The van der Waals surface area contributed by atoms with E-state index in [2.05, 4.69) is 4.90 Å². The number of carbonyl (C=O) groups excluding carboxylic acids is 1. The number of ether oxygens (including phenoxy) is 2. The van der Waals surface area contributed by atoms with Gasteiger partial charge in [-0.25, -0.2) is 0 Å². The van der Waals surface area contributed by atoms with Crippen LogP contribution < -0.4 is 4.74 Å². The summed E-state index contributed by atoms with van der Waals surface area (Å²) in [5.41, 5.74) is 1.89. The third-order valence-corrected chi connectivity index (χ3v) is 4.78. The van der Waals surface area contributed by atoms with Crippen LogP contribution in [0, 0.1) is 12.8 Å². The van der Waals surface area contributed by atoms with Crippen molar-refractivity contribution in [2.24, 2.45) is 5.92 Å². The van der Waals surface area contributed by atoms with Crippen molar-refractivity contribution < 1.29 is 19.4 Å². The van der Waals surface area contributed by atoms with E-state index >= 15 is 0 Å². The summed E-state index contributed by atoms with van der Waals surface area (Å²) >= 11 is 0. The quantitative estimate of drug-likeness (QED) is 0.842.